The third-order valence-electron chi connectivity index (χ3n) is 3.28. The number of carbonyl (C=O) groups excluding carboxylic acids is 3. The normalized spacial score (nSPS) is 25.8. The van der Waals surface area contributed by atoms with Gasteiger partial charge in [0, 0.05) is 5.75 Å². The van der Waals surface area contributed by atoms with Crippen LogP contribution in [0.5, 0.6) is 0 Å². The fourth-order valence-corrected chi connectivity index (χ4v) is 2.83. The van der Waals surface area contributed by atoms with Gasteiger partial charge in [0.05, 0.1) is 18.0 Å². The lowest BCUT2D eigenvalue weighted by Crippen LogP contribution is -2.59. The van der Waals surface area contributed by atoms with Crippen molar-refractivity contribution in [2.45, 2.75) is 44.2 Å². The van der Waals surface area contributed by atoms with Gasteiger partial charge in [-0.05, 0) is 13.8 Å². The Labute approximate surface area is 142 Å². The van der Waals surface area contributed by atoms with Gasteiger partial charge in [-0.1, -0.05) is 0 Å². The number of carboxylic acid groups (broad SMARTS) is 1. The molecule has 11 heteroatoms. The highest BCUT2D eigenvalue weighted by atomic mass is 32.2. The molecule has 1 aliphatic heterocycles. The topological polar surface area (TPSA) is 165 Å². The molecule has 0 radical (unpaired) electrons. The highest BCUT2D eigenvalue weighted by molar-refractivity contribution is 8.00. The Balaban J connectivity index is 2.88. The minimum absolute atomic E-state index is 0.0271. The van der Waals surface area contributed by atoms with Gasteiger partial charge in [0.15, 0.2) is 6.04 Å². The molecule has 0 aromatic carbocycles. The van der Waals surface area contributed by atoms with E-state index >= 15 is 0 Å². The molecule has 24 heavy (non-hydrogen) atoms. The number of aliphatic hydroxyl groups excluding tert-OH is 2. The first kappa shape index (κ1) is 20.2. The lowest BCUT2D eigenvalue weighted by molar-refractivity contribution is -0.145. The predicted molar refractivity (Wildman–Crippen MR) is 84.1 cm³/mol. The van der Waals surface area contributed by atoms with Crippen LogP contribution in [0.15, 0.2) is 0 Å². The Morgan fingerprint density at radius 3 is 2.38 bits per heavy atom. The summed E-state index contributed by atoms with van der Waals surface area (Å²) in [6.07, 6.45) is -2.51. The summed E-state index contributed by atoms with van der Waals surface area (Å²) < 4.78 is 0. The molecule has 0 aliphatic carbocycles. The second-order valence-electron chi connectivity index (χ2n) is 5.43. The average Bonchev–Trinajstić information content (AvgIpc) is 2.53. The fraction of sp³-hybridized carbons (Fsp3) is 0.692. The number of aliphatic carboxylic acids is 1. The molecule has 0 aromatic heterocycles. The molecule has 0 bridgehead atoms. The van der Waals surface area contributed by atoms with Crippen LogP contribution >= 0.6 is 11.8 Å². The second-order valence-corrected chi connectivity index (χ2v) is 6.46. The van der Waals surface area contributed by atoms with Crippen LogP contribution in [0.1, 0.15) is 13.8 Å². The highest BCUT2D eigenvalue weighted by Crippen LogP contribution is 2.08. The van der Waals surface area contributed by atoms with Crippen molar-refractivity contribution in [2.24, 2.45) is 0 Å². The number of hydrogen-bond acceptors (Lipinski definition) is 7. The number of nitrogens with one attached hydrogen (secondary N) is 3. The Morgan fingerprint density at radius 1 is 1.25 bits per heavy atom. The van der Waals surface area contributed by atoms with E-state index in [9.17, 15) is 29.4 Å². The van der Waals surface area contributed by atoms with Crippen molar-refractivity contribution < 1.29 is 34.5 Å². The van der Waals surface area contributed by atoms with Crippen LogP contribution in [0.2, 0.25) is 0 Å². The van der Waals surface area contributed by atoms with E-state index < -0.39 is 54.0 Å². The quantitative estimate of drug-likeness (QED) is 0.301. The lowest BCUT2D eigenvalue weighted by Gasteiger charge is -2.24. The van der Waals surface area contributed by atoms with E-state index in [4.69, 9.17) is 5.11 Å². The molecule has 6 N–H and O–H groups in total. The maximum Gasteiger partial charge on any atom is 0.328 e. The van der Waals surface area contributed by atoms with E-state index in [1.165, 1.54) is 13.8 Å². The van der Waals surface area contributed by atoms with E-state index in [1.54, 1.807) is 0 Å². The van der Waals surface area contributed by atoms with Crippen LogP contribution in [0.4, 0.5) is 0 Å². The summed E-state index contributed by atoms with van der Waals surface area (Å²) in [5, 5.41) is 34.9. The minimum atomic E-state index is -1.53. The molecular weight excluding hydrogens is 342 g/mol. The summed E-state index contributed by atoms with van der Waals surface area (Å²) in [7, 11) is 0. The van der Waals surface area contributed by atoms with Crippen LogP contribution < -0.4 is 16.0 Å². The summed E-state index contributed by atoms with van der Waals surface area (Å²) >= 11 is 1.07. The van der Waals surface area contributed by atoms with Gasteiger partial charge in [-0.2, -0.15) is 0 Å². The predicted octanol–water partition coefficient (Wildman–Crippen LogP) is -2.97. The summed E-state index contributed by atoms with van der Waals surface area (Å²) in [6.45, 7) is 2.53. The summed E-state index contributed by atoms with van der Waals surface area (Å²) in [4.78, 5) is 47.0. The van der Waals surface area contributed by atoms with Crippen molar-refractivity contribution in [3.63, 3.8) is 0 Å². The summed E-state index contributed by atoms with van der Waals surface area (Å²) in [5.74, 6) is -3.44. The van der Waals surface area contributed by atoms with Gasteiger partial charge in [0.2, 0.25) is 17.7 Å². The molecule has 1 fully saturated rings. The molecule has 5 atom stereocenters. The Kier molecular flexibility index (Phi) is 7.45. The smallest absolute Gasteiger partial charge is 0.328 e. The van der Waals surface area contributed by atoms with E-state index in [-0.39, 0.29) is 11.5 Å². The highest BCUT2D eigenvalue weighted by Gasteiger charge is 2.33. The monoisotopic (exact) mass is 363 g/mol. The molecule has 1 heterocycles. The van der Waals surface area contributed by atoms with Crippen molar-refractivity contribution in [2.75, 3.05) is 11.5 Å². The van der Waals surface area contributed by atoms with E-state index in [1.807, 2.05) is 0 Å². The number of thioether (sulfide) groups is 1. The van der Waals surface area contributed by atoms with Crippen molar-refractivity contribution in [3.05, 3.63) is 0 Å². The summed E-state index contributed by atoms with van der Waals surface area (Å²) in [5.41, 5.74) is 0. The number of carbonyl (C=O) groups is 4. The van der Waals surface area contributed by atoms with Crippen molar-refractivity contribution in [1.29, 1.82) is 0 Å². The standard InChI is InChI=1S/C13H21N3O7S/c1-5(17)9-12(21)14-7(3-24-4-8(19)15-9)11(20)16-10(6(2)18)13(22)23/h5-7,9-10,17-18H,3-4H2,1-2H3,(H,14,21)(H,15,19)(H,16,20)(H,22,23)/t5-,6-,7+,9+,10+/m1/s1. The van der Waals surface area contributed by atoms with Gasteiger partial charge in [0.25, 0.3) is 0 Å². The molecular formula is C13H21N3O7S. The Bertz CT molecular complexity index is 512. The Hall–Kier alpha value is -1.85. The van der Waals surface area contributed by atoms with Gasteiger partial charge in [-0.25, -0.2) is 4.79 Å². The number of carboxylic acids is 1. The van der Waals surface area contributed by atoms with Crippen LogP contribution in [-0.2, 0) is 19.2 Å². The molecule has 10 nitrogen and oxygen atoms in total. The molecule has 0 saturated carbocycles. The largest absolute Gasteiger partial charge is 0.480 e. The first-order chi connectivity index (χ1) is 11.1. The molecule has 136 valence electrons. The molecule has 1 aliphatic rings. The first-order valence-corrected chi connectivity index (χ1v) is 8.35. The van der Waals surface area contributed by atoms with Gasteiger partial charge in [-0.15, -0.1) is 11.8 Å². The van der Waals surface area contributed by atoms with Crippen molar-refractivity contribution in [1.82, 2.24) is 16.0 Å². The van der Waals surface area contributed by atoms with Gasteiger partial charge in [-0.3, -0.25) is 14.4 Å². The van der Waals surface area contributed by atoms with Crippen molar-refractivity contribution in [3.8, 4) is 0 Å². The number of amides is 3. The van der Waals surface area contributed by atoms with Crippen LogP contribution in [0.25, 0.3) is 0 Å². The number of rotatable bonds is 5. The minimum Gasteiger partial charge on any atom is -0.480 e. The molecule has 0 spiro atoms. The van der Waals surface area contributed by atoms with Gasteiger partial charge in [0.1, 0.15) is 12.1 Å². The molecule has 3 amide bonds. The Morgan fingerprint density at radius 2 is 1.88 bits per heavy atom. The maximum absolute atomic E-state index is 12.2. The zero-order chi connectivity index (χ0) is 18.4. The van der Waals surface area contributed by atoms with E-state index in [0.717, 1.165) is 11.8 Å². The third-order valence-corrected chi connectivity index (χ3v) is 4.31. The van der Waals surface area contributed by atoms with E-state index in [0.29, 0.717) is 0 Å². The molecule has 1 saturated heterocycles. The second kappa shape index (κ2) is 8.85. The van der Waals surface area contributed by atoms with Crippen LogP contribution in [0.3, 0.4) is 0 Å². The zero-order valence-corrected chi connectivity index (χ0v) is 14.0. The molecule has 0 unspecified atom stereocenters. The number of aliphatic hydroxyl groups is 2. The lowest BCUT2D eigenvalue weighted by atomic mass is 10.1. The fourth-order valence-electron chi connectivity index (χ4n) is 1.98. The van der Waals surface area contributed by atoms with Crippen molar-refractivity contribution >= 4 is 35.5 Å². The first-order valence-electron chi connectivity index (χ1n) is 7.20. The summed E-state index contributed by atoms with van der Waals surface area (Å²) in [6, 6.07) is -3.87. The SMILES string of the molecule is C[C@@H](O)[C@H](NC(=O)[C@@H]1CSCC(=O)N[C@@H]([C@@H](C)O)C(=O)N1)C(=O)O. The molecule has 0 aromatic rings. The maximum atomic E-state index is 12.2. The third kappa shape index (κ3) is 5.65. The van der Waals surface area contributed by atoms with E-state index in [2.05, 4.69) is 16.0 Å². The van der Waals surface area contributed by atoms with Gasteiger partial charge >= 0.3 is 5.97 Å². The van der Waals surface area contributed by atoms with Crippen LogP contribution in [-0.4, -0.2) is 80.8 Å². The van der Waals surface area contributed by atoms with Crippen LogP contribution in [0, 0.1) is 0 Å². The average molecular weight is 363 g/mol. The van der Waals surface area contributed by atoms with Gasteiger partial charge < -0.3 is 31.3 Å². The molecule has 1 rings (SSSR count). The number of hydrogen-bond donors (Lipinski definition) is 6. The zero-order valence-electron chi connectivity index (χ0n) is 13.2.